The smallest absolute Gasteiger partial charge is 0.475 e. The molecule has 3 aliphatic heterocycles. The number of nitrogens with one attached hydrogen (secondary N) is 5. The molecule has 408 valence electrons. The van der Waals surface area contributed by atoms with Crippen molar-refractivity contribution in [2.75, 3.05) is 58.9 Å². The van der Waals surface area contributed by atoms with Crippen LogP contribution in [0.3, 0.4) is 0 Å². The summed E-state index contributed by atoms with van der Waals surface area (Å²) in [5.74, 6) is -11.4. The minimum atomic E-state index is -5.08. The zero-order valence-electron chi connectivity index (χ0n) is 38.6. The summed E-state index contributed by atoms with van der Waals surface area (Å²) in [6.07, 6.45) is -20.3. The van der Waals surface area contributed by atoms with E-state index in [0.29, 0.717) is 29.8 Å². The van der Waals surface area contributed by atoms with Crippen molar-refractivity contribution in [3.63, 3.8) is 0 Å². The molecule has 0 radical (unpaired) electrons. The topological polar surface area (TPSA) is 233 Å². The van der Waals surface area contributed by atoms with E-state index in [2.05, 4.69) is 68.4 Å². The van der Waals surface area contributed by atoms with Crippen LogP contribution in [-0.2, 0) is 38.8 Å². The lowest BCUT2D eigenvalue weighted by atomic mass is 9.86. The van der Waals surface area contributed by atoms with Crippen LogP contribution < -0.4 is 26.6 Å². The average Bonchev–Trinajstić information content (AvgIpc) is 3.29. The first kappa shape index (κ1) is 63.0. The van der Waals surface area contributed by atoms with Crippen LogP contribution in [0.4, 0.5) is 57.1 Å². The summed E-state index contributed by atoms with van der Waals surface area (Å²) < 4.78 is 142. The lowest BCUT2D eigenvalue weighted by molar-refractivity contribution is -0.193. The molecule has 29 heteroatoms. The summed E-state index contributed by atoms with van der Waals surface area (Å²) in [7, 11) is 0. The molecule has 0 aliphatic carbocycles. The molecule has 3 aromatic rings. The van der Waals surface area contributed by atoms with Gasteiger partial charge in [-0.2, -0.15) is 52.7 Å². The van der Waals surface area contributed by atoms with E-state index in [1.807, 2.05) is 36.4 Å². The Hall–Kier alpha value is -6.14. The van der Waals surface area contributed by atoms with E-state index in [1.54, 1.807) is 6.07 Å². The molecule has 0 aromatic heterocycles. The van der Waals surface area contributed by atoms with Gasteiger partial charge in [-0.15, -0.1) is 0 Å². The molecule has 0 bridgehead atoms. The van der Waals surface area contributed by atoms with Gasteiger partial charge in [0.05, 0.1) is 0 Å². The number of rotatable bonds is 9. The van der Waals surface area contributed by atoms with Gasteiger partial charge in [0.2, 0.25) is 0 Å². The third-order valence-corrected chi connectivity index (χ3v) is 10.7. The zero-order chi connectivity index (χ0) is 55.5. The number of amides is 1. The maximum atomic E-state index is 15.0. The molecule has 6 rings (SSSR count). The minimum Gasteiger partial charge on any atom is -0.475 e. The summed E-state index contributed by atoms with van der Waals surface area (Å²) in [5.41, 5.74) is 5.18. The first-order valence-electron chi connectivity index (χ1n) is 21.5. The number of piperazine rings is 3. The Kier molecular flexibility index (Phi) is 24.0. The highest BCUT2D eigenvalue weighted by Crippen LogP contribution is 2.27. The Balaban J connectivity index is 0.000000530. The molecular formula is C44H52F13N7O9. The van der Waals surface area contributed by atoms with E-state index >= 15 is 4.39 Å². The summed E-state index contributed by atoms with van der Waals surface area (Å²) >= 11 is 0. The quantitative estimate of drug-likeness (QED) is 0.121. The molecule has 3 saturated heterocycles. The number of benzene rings is 3. The molecule has 9 N–H and O–H groups in total. The maximum absolute atomic E-state index is 15.0. The predicted octanol–water partition coefficient (Wildman–Crippen LogP) is 5.47. The number of carboxylic acid groups (broad SMARTS) is 4. The third-order valence-electron chi connectivity index (χ3n) is 10.7. The first-order valence-corrected chi connectivity index (χ1v) is 21.5. The number of hydrogen-bond donors (Lipinski definition) is 9. The Morgan fingerprint density at radius 1 is 0.644 bits per heavy atom. The third kappa shape index (κ3) is 22.3. The standard InChI is InChI=1S/C36H48FN7O.4C2HF3O2/c1-26-22-43(15-14-40-26)23-28-5-3-7-30(17-28)32-19-27(9-10-33(32)37)20-42-35(45)31-8-4-6-29(18-31)24-44-16-13-39-25-36(44,2)34-21-38-11-12-41-34;4*3-2(4,5)1(6)7/h3-10,17-19,26,34,38-41H,11-16,20-25H2,1-2H3,(H,42,45);4*(H,6,7)/t26-,34?,36?;;;;/m0..../s1. The summed E-state index contributed by atoms with van der Waals surface area (Å²) in [5, 5.41) is 45.9. The van der Waals surface area contributed by atoms with Crippen LogP contribution in [0.1, 0.15) is 40.9 Å². The zero-order valence-corrected chi connectivity index (χ0v) is 38.6. The van der Waals surface area contributed by atoms with Gasteiger partial charge in [-0.3, -0.25) is 14.6 Å². The molecule has 0 spiro atoms. The number of carboxylic acids is 4. The maximum Gasteiger partial charge on any atom is 0.490 e. The average molecular weight is 1070 g/mol. The fourth-order valence-electron chi connectivity index (χ4n) is 7.09. The van der Waals surface area contributed by atoms with Gasteiger partial charge >= 0.3 is 48.6 Å². The molecule has 2 unspecified atom stereocenters. The molecular weight excluding hydrogens is 1020 g/mol. The van der Waals surface area contributed by atoms with E-state index in [0.717, 1.165) is 88.7 Å². The van der Waals surface area contributed by atoms with Crippen LogP contribution in [0, 0.1) is 5.82 Å². The van der Waals surface area contributed by atoms with Gasteiger partial charge in [0.25, 0.3) is 5.91 Å². The fraction of sp³-hybridized carbons (Fsp3) is 0.477. The van der Waals surface area contributed by atoms with Crippen LogP contribution in [-0.4, -0.2) is 161 Å². The SMILES string of the molecule is C[C@H]1CN(Cc2cccc(-c3cc(CNC(=O)c4cccc(CN5CCNCC5(C)C5CNCCN5)c4)ccc3F)c2)CCN1.O=C(O)C(F)(F)F.O=C(O)C(F)(F)F.O=C(O)C(F)(F)F.O=C(O)C(F)(F)F. The first-order chi connectivity index (χ1) is 33.6. The van der Waals surface area contributed by atoms with Crippen LogP contribution in [0.25, 0.3) is 11.1 Å². The number of nitrogens with zero attached hydrogens (tertiary/aromatic N) is 2. The number of halogens is 13. The Morgan fingerprint density at radius 2 is 1.18 bits per heavy atom. The molecule has 3 aromatic carbocycles. The van der Waals surface area contributed by atoms with Gasteiger partial charge in [-0.05, 0) is 66.4 Å². The van der Waals surface area contributed by atoms with Crippen molar-refractivity contribution >= 4 is 29.8 Å². The molecule has 0 saturated carbocycles. The number of alkyl halides is 12. The van der Waals surface area contributed by atoms with E-state index < -0.39 is 48.6 Å². The van der Waals surface area contributed by atoms with Gasteiger partial charge in [0.1, 0.15) is 5.82 Å². The van der Waals surface area contributed by atoms with Crippen molar-refractivity contribution in [2.45, 2.75) is 75.8 Å². The second kappa shape index (κ2) is 27.8. The summed E-state index contributed by atoms with van der Waals surface area (Å²) in [4.78, 5) is 53.8. The predicted molar refractivity (Wildman–Crippen MR) is 233 cm³/mol. The minimum absolute atomic E-state index is 0.0344. The van der Waals surface area contributed by atoms with E-state index in [-0.39, 0.29) is 17.3 Å². The molecule has 3 heterocycles. The molecule has 3 fully saturated rings. The lowest BCUT2D eigenvalue weighted by Gasteiger charge is -2.51. The van der Waals surface area contributed by atoms with Crippen molar-refractivity contribution in [3.05, 3.63) is 94.8 Å². The largest absolute Gasteiger partial charge is 0.490 e. The molecule has 3 atom stereocenters. The second-order valence-electron chi connectivity index (χ2n) is 16.4. The highest BCUT2D eigenvalue weighted by molar-refractivity contribution is 5.94. The van der Waals surface area contributed by atoms with Crippen LogP contribution in [0.15, 0.2) is 66.7 Å². The van der Waals surface area contributed by atoms with Crippen molar-refractivity contribution in [1.82, 2.24) is 36.4 Å². The van der Waals surface area contributed by atoms with Crippen molar-refractivity contribution in [1.29, 1.82) is 0 Å². The van der Waals surface area contributed by atoms with Gasteiger partial charge in [-0.25, -0.2) is 23.6 Å². The monoisotopic (exact) mass is 1070 g/mol. The van der Waals surface area contributed by atoms with Crippen molar-refractivity contribution in [2.24, 2.45) is 0 Å². The van der Waals surface area contributed by atoms with Gasteiger partial charge in [0, 0.05) is 107 Å². The van der Waals surface area contributed by atoms with Crippen LogP contribution >= 0.6 is 0 Å². The van der Waals surface area contributed by atoms with Crippen molar-refractivity contribution in [3.8, 4) is 11.1 Å². The van der Waals surface area contributed by atoms with Crippen molar-refractivity contribution < 1.29 is 101 Å². The molecule has 3 aliphatic rings. The van der Waals surface area contributed by atoms with Gasteiger partial charge in [0.15, 0.2) is 0 Å². The summed E-state index contributed by atoms with van der Waals surface area (Å²) in [6, 6.07) is 22.0. The Bertz CT molecular complexity index is 2200. The lowest BCUT2D eigenvalue weighted by Crippen LogP contribution is -2.71. The van der Waals surface area contributed by atoms with E-state index in [9.17, 15) is 57.5 Å². The number of carbonyl (C=O) groups is 5. The number of hydrogen-bond acceptors (Lipinski definition) is 11. The van der Waals surface area contributed by atoms with Gasteiger partial charge < -0.3 is 47.0 Å². The number of carbonyl (C=O) groups excluding carboxylic acids is 1. The van der Waals surface area contributed by atoms with Gasteiger partial charge in [-0.1, -0.05) is 36.4 Å². The highest BCUT2D eigenvalue weighted by Gasteiger charge is 2.43. The highest BCUT2D eigenvalue weighted by atomic mass is 19.4. The summed E-state index contributed by atoms with van der Waals surface area (Å²) in [6.45, 7) is 15.2. The van der Waals surface area contributed by atoms with E-state index in [1.165, 1.54) is 11.6 Å². The fourth-order valence-corrected chi connectivity index (χ4v) is 7.09. The normalized spacial score (nSPS) is 19.6. The molecule has 1 amide bonds. The molecule has 73 heavy (non-hydrogen) atoms. The van der Waals surface area contributed by atoms with Crippen LogP contribution in [0.2, 0.25) is 0 Å². The number of aliphatic carboxylic acids is 4. The van der Waals surface area contributed by atoms with E-state index in [4.69, 9.17) is 39.6 Å². The Labute approximate surface area is 407 Å². The Morgan fingerprint density at radius 3 is 1.68 bits per heavy atom. The molecule has 16 nitrogen and oxygen atoms in total. The van der Waals surface area contributed by atoms with Crippen LogP contribution in [0.5, 0.6) is 0 Å². The second-order valence-corrected chi connectivity index (χ2v) is 16.4.